The van der Waals surface area contributed by atoms with E-state index in [1.165, 1.54) is 0 Å². The van der Waals surface area contributed by atoms with E-state index in [9.17, 15) is 14.4 Å². The van der Waals surface area contributed by atoms with Gasteiger partial charge in [-0.1, -0.05) is 31.5 Å². The molecular weight excluding hydrogens is 368 g/mol. The van der Waals surface area contributed by atoms with Crippen molar-refractivity contribution in [1.29, 1.82) is 0 Å². The van der Waals surface area contributed by atoms with E-state index in [2.05, 4.69) is 16.0 Å². The van der Waals surface area contributed by atoms with Crippen LogP contribution in [-0.2, 0) is 9.59 Å². The van der Waals surface area contributed by atoms with Crippen LogP contribution in [0.3, 0.4) is 0 Å². The first-order valence-corrected chi connectivity index (χ1v) is 9.57. The lowest BCUT2D eigenvalue weighted by atomic mass is 9.99. The first-order chi connectivity index (χ1) is 12.7. The largest absolute Gasteiger partial charge is 0.342 e. The van der Waals surface area contributed by atoms with Crippen LogP contribution in [0.4, 0.5) is 10.5 Å². The van der Waals surface area contributed by atoms with Crippen molar-refractivity contribution < 1.29 is 14.4 Å². The average molecular weight is 393 g/mol. The van der Waals surface area contributed by atoms with Gasteiger partial charge in [0, 0.05) is 17.3 Å². The van der Waals surface area contributed by atoms with E-state index in [1.54, 1.807) is 17.0 Å². The van der Waals surface area contributed by atoms with E-state index in [0.29, 0.717) is 36.0 Å². The first-order valence-electron chi connectivity index (χ1n) is 9.19. The minimum atomic E-state index is -0.514. The quantitative estimate of drug-likeness (QED) is 0.734. The Kier molecular flexibility index (Phi) is 5.60. The molecule has 4 amide bonds. The van der Waals surface area contributed by atoms with Crippen molar-refractivity contribution in [2.24, 2.45) is 5.92 Å². The summed E-state index contributed by atoms with van der Waals surface area (Å²) >= 11 is 6.07. The molecule has 8 heteroatoms. The Balaban J connectivity index is 1.60. The fraction of sp³-hybridized carbons (Fsp3) is 0.526. The number of piperazine rings is 1. The number of anilines is 1. The Hall–Kier alpha value is -2.28. The van der Waals surface area contributed by atoms with Crippen molar-refractivity contribution in [1.82, 2.24) is 15.5 Å². The maximum atomic E-state index is 12.6. The molecule has 0 spiro atoms. The average Bonchev–Trinajstić information content (AvgIpc) is 3.00. The Morgan fingerprint density at radius 3 is 2.78 bits per heavy atom. The number of carbonyl (C=O) groups is 3. The fourth-order valence-corrected chi connectivity index (χ4v) is 3.80. The summed E-state index contributed by atoms with van der Waals surface area (Å²) in [4.78, 5) is 38.9. The van der Waals surface area contributed by atoms with Crippen molar-refractivity contribution >= 4 is 35.1 Å². The summed E-state index contributed by atoms with van der Waals surface area (Å²) < 4.78 is 0. The number of fused-ring (bicyclic) bond motifs is 1. The maximum absolute atomic E-state index is 12.6. The third-order valence-corrected chi connectivity index (χ3v) is 5.38. The predicted molar refractivity (Wildman–Crippen MR) is 104 cm³/mol. The summed E-state index contributed by atoms with van der Waals surface area (Å²) in [7, 11) is 0. The van der Waals surface area contributed by atoms with E-state index in [0.717, 1.165) is 5.56 Å². The van der Waals surface area contributed by atoms with Crippen molar-refractivity contribution in [3.05, 3.63) is 28.8 Å². The molecule has 3 atom stereocenters. The molecule has 0 aliphatic carbocycles. The second-order valence-corrected chi connectivity index (χ2v) is 8.10. The number of amides is 4. The van der Waals surface area contributed by atoms with Crippen LogP contribution in [-0.4, -0.2) is 47.4 Å². The molecule has 7 nitrogen and oxygen atoms in total. The van der Waals surface area contributed by atoms with E-state index in [1.807, 2.05) is 26.8 Å². The zero-order valence-corrected chi connectivity index (χ0v) is 16.5. The minimum absolute atomic E-state index is 0.0664. The fourth-order valence-electron chi connectivity index (χ4n) is 3.62. The molecule has 0 saturated carbocycles. The highest BCUT2D eigenvalue weighted by Crippen LogP contribution is 2.25. The standard InChI is InChI=1S/C19H25ClN4O3/c1-10(2)6-15-18(26)24-9-13(8-16(24)17(25)23-15)22-19(27)21-12-5-4-11(3)14(20)7-12/h4-5,7,10,13,15-16H,6,8-9H2,1-3H3,(H,23,25)(H2,21,22,27)/t13-,15+,16-/m0/s1. The molecule has 1 aromatic carbocycles. The molecule has 3 rings (SSSR count). The summed E-state index contributed by atoms with van der Waals surface area (Å²) in [5.74, 6) is 0.0954. The minimum Gasteiger partial charge on any atom is -0.342 e. The summed E-state index contributed by atoms with van der Waals surface area (Å²) in [6.07, 6.45) is 1.02. The van der Waals surface area contributed by atoms with Gasteiger partial charge in [-0.3, -0.25) is 9.59 Å². The SMILES string of the molecule is Cc1ccc(NC(=O)N[C@H]2C[C@H]3C(=O)N[C@H](CC(C)C)C(=O)N3C2)cc1Cl. The lowest BCUT2D eigenvalue weighted by molar-refractivity contribution is -0.147. The van der Waals surface area contributed by atoms with Gasteiger partial charge < -0.3 is 20.9 Å². The van der Waals surface area contributed by atoms with Crippen molar-refractivity contribution in [3.8, 4) is 0 Å². The maximum Gasteiger partial charge on any atom is 0.319 e. The zero-order valence-electron chi connectivity index (χ0n) is 15.7. The Morgan fingerprint density at radius 2 is 2.11 bits per heavy atom. The van der Waals surface area contributed by atoms with Gasteiger partial charge in [-0.25, -0.2) is 4.79 Å². The second-order valence-electron chi connectivity index (χ2n) is 7.69. The molecular formula is C19H25ClN4O3. The first kappa shape index (κ1) is 19.5. The van der Waals surface area contributed by atoms with Crippen LogP contribution in [0.1, 0.15) is 32.3 Å². The monoisotopic (exact) mass is 392 g/mol. The van der Waals surface area contributed by atoms with Crippen molar-refractivity contribution in [3.63, 3.8) is 0 Å². The molecule has 0 bridgehead atoms. The number of benzene rings is 1. The molecule has 0 radical (unpaired) electrons. The number of rotatable bonds is 4. The Bertz CT molecular complexity index is 767. The van der Waals surface area contributed by atoms with Crippen LogP contribution >= 0.6 is 11.6 Å². The zero-order chi connectivity index (χ0) is 19.7. The Morgan fingerprint density at radius 1 is 1.37 bits per heavy atom. The van der Waals surface area contributed by atoms with Gasteiger partial charge in [0.2, 0.25) is 11.8 Å². The third-order valence-electron chi connectivity index (χ3n) is 4.97. The molecule has 2 aliphatic heterocycles. The van der Waals surface area contributed by atoms with Crippen LogP contribution in [0.15, 0.2) is 18.2 Å². The van der Waals surface area contributed by atoms with Gasteiger partial charge in [0.15, 0.2) is 0 Å². The number of carbonyl (C=O) groups excluding carboxylic acids is 3. The van der Waals surface area contributed by atoms with E-state index < -0.39 is 12.1 Å². The molecule has 27 heavy (non-hydrogen) atoms. The molecule has 2 aliphatic rings. The van der Waals surface area contributed by atoms with Crippen LogP contribution in [0, 0.1) is 12.8 Å². The number of urea groups is 1. The van der Waals surface area contributed by atoms with Crippen LogP contribution in [0.5, 0.6) is 0 Å². The van der Waals surface area contributed by atoms with Gasteiger partial charge in [-0.15, -0.1) is 0 Å². The van der Waals surface area contributed by atoms with Gasteiger partial charge in [-0.05, 0) is 43.4 Å². The smallest absolute Gasteiger partial charge is 0.319 e. The molecule has 2 heterocycles. The number of hydrogen-bond donors (Lipinski definition) is 3. The molecule has 2 saturated heterocycles. The Labute approximate surface area is 163 Å². The molecule has 0 aromatic heterocycles. The number of aryl methyl sites for hydroxylation is 1. The number of nitrogens with one attached hydrogen (secondary N) is 3. The van der Waals surface area contributed by atoms with E-state index >= 15 is 0 Å². The highest BCUT2D eigenvalue weighted by molar-refractivity contribution is 6.31. The van der Waals surface area contributed by atoms with Crippen molar-refractivity contribution in [2.75, 3.05) is 11.9 Å². The lowest BCUT2D eigenvalue weighted by Gasteiger charge is -2.35. The molecule has 3 N–H and O–H groups in total. The summed E-state index contributed by atoms with van der Waals surface area (Å²) in [5.41, 5.74) is 1.51. The molecule has 146 valence electrons. The molecule has 0 unspecified atom stereocenters. The van der Waals surface area contributed by atoms with Gasteiger partial charge in [0.05, 0.1) is 6.04 Å². The van der Waals surface area contributed by atoms with Gasteiger partial charge in [0.1, 0.15) is 12.1 Å². The predicted octanol–water partition coefficient (Wildman–Crippen LogP) is 2.28. The van der Waals surface area contributed by atoms with Gasteiger partial charge in [-0.2, -0.15) is 0 Å². The van der Waals surface area contributed by atoms with E-state index in [-0.39, 0.29) is 23.9 Å². The summed E-state index contributed by atoms with van der Waals surface area (Å²) in [5, 5.41) is 8.98. The molecule has 1 aromatic rings. The number of halogens is 1. The summed E-state index contributed by atoms with van der Waals surface area (Å²) in [6, 6.07) is 3.63. The lowest BCUT2D eigenvalue weighted by Crippen LogP contribution is -2.61. The second kappa shape index (κ2) is 7.76. The summed E-state index contributed by atoms with van der Waals surface area (Å²) in [6.45, 7) is 6.26. The van der Waals surface area contributed by atoms with E-state index in [4.69, 9.17) is 11.6 Å². The highest BCUT2D eigenvalue weighted by atomic mass is 35.5. The normalized spacial score (nSPS) is 24.6. The highest BCUT2D eigenvalue weighted by Gasteiger charge is 2.46. The topological polar surface area (TPSA) is 90.5 Å². The third kappa shape index (κ3) is 4.35. The van der Waals surface area contributed by atoms with Crippen LogP contribution in [0.25, 0.3) is 0 Å². The number of hydrogen-bond acceptors (Lipinski definition) is 3. The van der Waals surface area contributed by atoms with Crippen molar-refractivity contribution in [2.45, 2.75) is 51.7 Å². The molecule has 2 fully saturated rings. The van der Waals surface area contributed by atoms with Gasteiger partial charge in [0.25, 0.3) is 0 Å². The van der Waals surface area contributed by atoms with Gasteiger partial charge >= 0.3 is 6.03 Å². The van der Waals surface area contributed by atoms with Crippen LogP contribution in [0.2, 0.25) is 5.02 Å². The van der Waals surface area contributed by atoms with Crippen LogP contribution < -0.4 is 16.0 Å². The number of nitrogens with zero attached hydrogens (tertiary/aromatic N) is 1.